The van der Waals surface area contributed by atoms with Crippen LogP contribution in [0, 0.1) is 5.92 Å². The van der Waals surface area contributed by atoms with E-state index in [9.17, 15) is 9.59 Å². The molecule has 5 heteroatoms. The van der Waals surface area contributed by atoms with Crippen LogP contribution in [0.15, 0.2) is 16.9 Å². The van der Waals surface area contributed by atoms with Gasteiger partial charge in [-0.25, -0.2) is 5.10 Å². The highest BCUT2D eigenvalue weighted by Gasteiger charge is 2.31. The molecule has 0 spiro atoms. The summed E-state index contributed by atoms with van der Waals surface area (Å²) in [4.78, 5) is 25.0. The molecule has 1 aliphatic rings. The molecule has 0 aliphatic carbocycles. The molecule has 1 amide bonds. The lowest BCUT2D eigenvalue weighted by Crippen LogP contribution is -2.39. The smallest absolute Gasteiger partial charge is 0.274 e. The normalized spacial score (nSPS) is 19.9. The van der Waals surface area contributed by atoms with Crippen LogP contribution in [0.2, 0.25) is 0 Å². The molecule has 1 fully saturated rings. The third-order valence-corrected chi connectivity index (χ3v) is 3.23. The number of aromatic nitrogens is 2. The molecule has 0 radical (unpaired) electrons. The third-order valence-electron chi connectivity index (χ3n) is 3.23. The number of carbonyl (C=O) groups excluding carboxylic acids is 1. The van der Waals surface area contributed by atoms with E-state index < -0.39 is 0 Å². The number of nitrogens with zero attached hydrogens (tertiary/aromatic N) is 2. The predicted molar refractivity (Wildman–Crippen MR) is 63.8 cm³/mol. The van der Waals surface area contributed by atoms with Crippen LogP contribution in [-0.2, 0) is 0 Å². The topological polar surface area (TPSA) is 66.1 Å². The molecule has 0 saturated carbocycles. The maximum absolute atomic E-state index is 12.2. The van der Waals surface area contributed by atoms with Crippen LogP contribution in [0.3, 0.4) is 0 Å². The minimum atomic E-state index is -0.289. The molecule has 17 heavy (non-hydrogen) atoms. The van der Waals surface area contributed by atoms with Gasteiger partial charge in [-0.3, -0.25) is 9.59 Å². The van der Waals surface area contributed by atoms with E-state index in [2.05, 4.69) is 24.0 Å². The van der Waals surface area contributed by atoms with Crippen LogP contribution >= 0.6 is 0 Å². The van der Waals surface area contributed by atoms with Crippen molar-refractivity contribution in [2.45, 2.75) is 32.7 Å². The molecule has 2 heterocycles. The van der Waals surface area contributed by atoms with E-state index in [1.54, 1.807) is 0 Å². The van der Waals surface area contributed by atoms with Crippen LogP contribution in [0.4, 0.5) is 0 Å². The highest BCUT2D eigenvalue weighted by atomic mass is 16.2. The molecule has 1 aromatic rings. The number of nitrogens with one attached hydrogen (secondary N) is 1. The first-order valence-electron chi connectivity index (χ1n) is 5.96. The molecule has 1 N–H and O–H groups in total. The van der Waals surface area contributed by atoms with Gasteiger partial charge in [-0.2, -0.15) is 5.10 Å². The van der Waals surface area contributed by atoms with E-state index in [4.69, 9.17) is 0 Å². The fraction of sp³-hybridized carbons (Fsp3) is 0.583. The predicted octanol–water partition coefficient (Wildman–Crippen LogP) is 1.03. The van der Waals surface area contributed by atoms with Gasteiger partial charge >= 0.3 is 0 Å². The molecule has 0 bridgehead atoms. The fourth-order valence-corrected chi connectivity index (χ4v) is 2.35. The van der Waals surface area contributed by atoms with Crippen molar-refractivity contribution < 1.29 is 4.79 Å². The average Bonchev–Trinajstić information content (AvgIpc) is 2.78. The number of hydrogen-bond acceptors (Lipinski definition) is 3. The minimum Gasteiger partial charge on any atom is -0.334 e. The first-order chi connectivity index (χ1) is 8.09. The van der Waals surface area contributed by atoms with Gasteiger partial charge in [-0.15, -0.1) is 0 Å². The Kier molecular flexibility index (Phi) is 3.26. The number of rotatable bonds is 2. The summed E-state index contributed by atoms with van der Waals surface area (Å²) >= 11 is 0. The molecule has 1 aromatic heterocycles. The fourth-order valence-electron chi connectivity index (χ4n) is 2.35. The van der Waals surface area contributed by atoms with Crippen LogP contribution in [0.25, 0.3) is 0 Å². The van der Waals surface area contributed by atoms with Crippen molar-refractivity contribution in [1.82, 2.24) is 15.1 Å². The summed E-state index contributed by atoms with van der Waals surface area (Å²) in [7, 11) is 0. The molecule has 1 aliphatic heterocycles. The molecular formula is C12H17N3O2. The zero-order valence-corrected chi connectivity index (χ0v) is 10.1. The highest BCUT2D eigenvalue weighted by Crippen LogP contribution is 2.24. The van der Waals surface area contributed by atoms with E-state index in [1.165, 1.54) is 12.1 Å². The Hall–Kier alpha value is -1.65. The van der Waals surface area contributed by atoms with E-state index in [1.807, 2.05) is 4.90 Å². The summed E-state index contributed by atoms with van der Waals surface area (Å²) < 4.78 is 0. The van der Waals surface area contributed by atoms with Gasteiger partial charge in [0.1, 0.15) is 5.69 Å². The van der Waals surface area contributed by atoms with Crippen LogP contribution in [0.1, 0.15) is 37.2 Å². The van der Waals surface area contributed by atoms with Gasteiger partial charge in [0.05, 0.1) is 0 Å². The molecule has 1 saturated heterocycles. The maximum Gasteiger partial charge on any atom is 0.274 e. The molecule has 92 valence electrons. The molecule has 1 atom stereocenters. The van der Waals surface area contributed by atoms with E-state index >= 15 is 0 Å². The number of likely N-dealkylation sites (tertiary alicyclic amines) is 1. The molecule has 2 rings (SSSR count). The van der Waals surface area contributed by atoms with Gasteiger partial charge in [0, 0.05) is 18.7 Å². The second-order valence-electron chi connectivity index (χ2n) is 4.76. The van der Waals surface area contributed by atoms with E-state index in [-0.39, 0.29) is 17.5 Å². The number of amides is 1. The summed E-state index contributed by atoms with van der Waals surface area (Å²) in [5.74, 6) is 0.363. The first kappa shape index (κ1) is 11.8. The van der Waals surface area contributed by atoms with Crippen molar-refractivity contribution in [3.63, 3.8) is 0 Å². The Labute approximate surface area is 99.8 Å². The van der Waals surface area contributed by atoms with Gasteiger partial charge < -0.3 is 4.90 Å². The lowest BCUT2D eigenvalue weighted by Gasteiger charge is -2.27. The summed E-state index contributed by atoms with van der Waals surface area (Å²) in [5.41, 5.74) is 0.0283. The second-order valence-corrected chi connectivity index (χ2v) is 4.76. The van der Waals surface area contributed by atoms with Crippen molar-refractivity contribution in [2.75, 3.05) is 6.54 Å². The monoisotopic (exact) mass is 235 g/mol. The molecule has 5 nitrogen and oxygen atoms in total. The van der Waals surface area contributed by atoms with Crippen LogP contribution < -0.4 is 5.56 Å². The Morgan fingerprint density at radius 1 is 1.53 bits per heavy atom. The van der Waals surface area contributed by atoms with Gasteiger partial charge in [-0.05, 0) is 24.8 Å². The minimum absolute atomic E-state index is 0.0857. The number of carbonyl (C=O) groups is 1. The Balaban J connectivity index is 2.19. The van der Waals surface area contributed by atoms with E-state index in [0.717, 1.165) is 19.4 Å². The maximum atomic E-state index is 12.2. The zero-order chi connectivity index (χ0) is 12.4. The van der Waals surface area contributed by atoms with Gasteiger partial charge in [0.2, 0.25) is 0 Å². The SMILES string of the molecule is CC(C)C1CCCN1C(=O)c1ccc(=O)[nH]n1. The lowest BCUT2D eigenvalue weighted by molar-refractivity contribution is 0.0694. The van der Waals surface area contributed by atoms with Crippen molar-refractivity contribution >= 4 is 5.91 Å². The average molecular weight is 235 g/mol. The quantitative estimate of drug-likeness (QED) is 0.832. The molecule has 1 unspecified atom stereocenters. The van der Waals surface area contributed by atoms with Crippen LogP contribution in [0.5, 0.6) is 0 Å². The third kappa shape index (κ3) is 2.38. The van der Waals surface area contributed by atoms with Gasteiger partial charge in [0.15, 0.2) is 0 Å². The number of hydrogen-bond donors (Lipinski definition) is 1. The Morgan fingerprint density at radius 3 is 2.88 bits per heavy atom. The van der Waals surface area contributed by atoms with Gasteiger partial charge in [0.25, 0.3) is 11.5 Å². The lowest BCUT2D eigenvalue weighted by atomic mass is 10.0. The molecule has 0 aromatic carbocycles. The summed E-state index contributed by atoms with van der Waals surface area (Å²) in [5, 5.41) is 6.08. The summed E-state index contributed by atoms with van der Waals surface area (Å²) in [6, 6.07) is 3.11. The van der Waals surface area contributed by atoms with Crippen molar-refractivity contribution in [3.8, 4) is 0 Å². The first-order valence-corrected chi connectivity index (χ1v) is 5.96. The zero-order valence-electron chi connectivity index (χ0n) is 10.1. The summed E-state index contributed by atoms with van der Waals surface area (Å²) in [6.07, 6.45) is 2.09. The Morgan fingerprint density at radius 2 is 2.29 bits per heavy atom. The Bertz CT molecular complexity index is 447. The van der Waals surface area contributed by atoms with Crippen molar-refractivity contribution in [2.24, 2.45) is 5.92 Å². The summed E-state index contributed by atoms with van der Waals surface area (Å²) in [6.45, 7) is 5.02. The second kappa shape index (κ2) is 4.69. The van der Waals surface area contributed by atoms with Gasteiger partial charge in [-0.1, -0.05) is 13.8 Å². The number of H-pyrrole nitrogens is 1. The standard InChI is InChI=1S/C12H17N3O2/c1-8(2)10-4-3-7-15(10)12(17)9-5-6-11(16)14-13-9/h5-6,8,10H,3-4,7H2,1-2H3,(H,14,16). The number of aromatic amines is 1. The highest BCUT2D eigenvalue weighted by molar-refractivity contribution is 5.92. The largest absolute Gasteiger partial charge is 0.334 e. The van der Waals surface area contributed by atoms with Crippen molar-refractivity contribution in [3.05, 3.63) is 28.2 Å². The van der Waals surface area contributed by atoms with Crippen LogP contribution in [-0.4, -0.2) is 33.6 Å². The molecular weight excluding hydrogens is 218 g/mol. The van der Waals surface area contributed by atoms with Crippen molar-refractivity contribution in [1.29, 1.82) is 0 Å². The van der Waals surface area contributed by atoms with E-state index in [0.29, 0.717) is 11.6 Å².